The number of hydrogen-bond acceptors (Lipinski definition) is 8. The molecule has 2 N–H and O–H groups in total. The average molecular weight is 578 g/mol. The van der Waals surface area contributed by atoms with Crippen molar-refractivity contribution in [2.24, 2.45) is 5.92 Å². The summed E-state index contributed by atoms with van der Waals surface area (Å²) < 4.78 is 13.0. The number of allylic oxidation sites excluding steroid dienone is 1. The Kier molecular flexibility index (Phi) is 10.2. The van der Waals surface area contributed by atoms with Gasteiger partial charge in [0.2, 0.25) is 0 Å². The third-order valence-electron chi connectivity index (χ3n) is 7.04. The van der Waals surface area contributed by atoms with Crippen LogP contribution in [-0.2, 0) is 22.5 Å². The number of carbonyl (C=O) groups is 2. The standard InChI is InChI=1S/C28H33N5O4.C4H10O/c1-3-36-26(34)16-22-19(2)30-25-17-23-27(35)29-18-21-9-4-5-10-24(21)37-15-7-6-8-20-11-13-32(14-12-20)28(22)33(25)31-23;1-4(2,3)5/h4-7,9-10,17,20H,3,8,11-16,18H2,1-2H3,(H,29,35);5H,1-3H3/b7-6+;. The van der Waals surface area contributed by atoms with Crippen LogP contribution in [0.25, 0.3) is 5.65 Å². The lowest BCUT2D eigenvalue weighted by atomic mass is 9.93. The fraction of sp³-hybridized carbons (Fsp3) is 0.500. The molecule has 10 nitrogen and oxygen atoms in total. The van der Waals surface area contributed by atoms with Crippen LogP contribution in [0.1, 0.15) is 74.3 Å². The van der Waals surface area contributed by atoms with E-state index in [1.165, 1.54) is 0 Å². The molecule has 3 aromatic rings. The molecule has 6 rings (SSSR count). The lowest BCUT2D eigenvalue weighted by Gasteiger charge is -2.34. The van der Waals surface area contributed by atoms with Crippen molar-refractivity contribution >= 4 is 23.3 Å². The van der Waals surface area contributed by atoms with Gasteiger partial charge in [0.05, 0.1) is 18.6 Å². The van der Waals surface area contributed by atoms with Crippen LogP contribution >= 0.6 is 0 Å². The van der Waals surface area contributed by atoms with Gasteiger partial charge in [0, 0.05) is 42.5 Å². The van der Waals surface area contributed by atoms with E-state index in [2.05, 4.69) is 27.5 Å². The summed E-state index contributed by atoms with van der Waals surface area (Å²) in [6, 6.07) is 9.41. The lowest BCUT2D eigenvalue weighted by molar-refractivity contribution is -0.142. The van der Waals surface area contributed by atoms with E-state index in [1.54, 1.807) is 38.3 Å². The summed E-state index contributed by atoms with van der Waals surface area (Å²) in [6.07, 6.45) is 7.42. The Morgan fingerprint density at radius 2 is 1.90 bits per heavy atom. The number of piperidine rings is 1. The van der Waals surface area contributed by atoms with Crippen LogP contribution in [0.4, 0.5) is 5.82 Å². The zero-order chi connectivity index (χ0) is 30.3. The molecule has 1 aromatic carbocycles. The molecule has 3 aliphatic heterocycles. The van der Waals surface area contributed by atoms with Gasteiger partial charge in [-0.1, -0.05) is 30.4 Å². The van der Waals surface area contributed by atoms with E-state index in [0.29, 0.717) is 31.3 Å². The number of hydrogen-bond donors (Lipinski definition) is 2. The molecule has 2 aromatic heterocycles. The minimum atomic E-state index is -0.500. The number of aliphatic hydroxyl groups is 1. The van der Waals surface area contributed by atoms with Crippen molar-refractivity contribution < 1.29 is 24.2 Å². The van der Waals surface area contributed by atoms with Crippen molar-refractivity contribution in [1.82, 2.24) is 19.9 Å². The molecule has 1 fully saturated rings. The molecule has 3 aliphatic rings. The second-order valence-corrected chi connectivity index (χ2v) is 11.7. The SMILES string of the molecule is CC(C)(C)O.CCOC(=O)Cc1c(C)nc2cc3nn2c1N1CCC(C/C=C/COc2ccccc2CNC3=O)CC1. The van der Waals surface area contributed by atoms with Crippen molar-refractivity contribution in [2.75, 3.05) is 31.2 Å². The molecular weight excluding hydrogens is 534 g/mol. The van der Waals surface area contributed by atoms with Gasteiger partial charge in [-0.2, -0.15) is 9.61 Å². The topological polar surface area (TPSA) is 118 Å². The first kappa shape index (κ1) is 31.0. The van der Waals surface area contributed by atoms with E-state index in [4.69, 9.17) is 19.6 Å². The number of carbonyl (C=O) groups excluding carboxylic acids is 2. The predicted molar refractivity (Wildman–Crippen MR) is 162 cm³/mol. The van der Waals surface area contributed by atoms with Gasteiger partial charge in [-0.3, -0.25) is 9.59 Å². The van der Waals surface area contributed by atoms with Gasteiger partial charge in [-0.15, -0.1) is 0 Å². The van der Waals surface area contributed by atoms with Crippen LogP contribution in [0.15, 0.2) is 42.5 Å². The van der Waals surface area contributed by atoms with Gasteiger partial charge >= 0.3 is 5.97 Å². The molecule has 10 heteroatoms. The van der Waals surface area contributed by atoms with E-state index < -0.39 is 5.60 Å². The summed E-state index contributed by atoms with van der Waals surface area (Å²) in [5.41, 5.74) is 2.78. The number of aromatic nitrogens is 3. The number of anilines is 1. The van der Waals surface area contributed by atoms with Gasteiger partial charge < -0.3 is 24.8 Å². The molecule has 1 amide bonds. The number of para-hydroxylation sites is 1. The summed E-state index contributed by atoms with van der Waals surface area (Å²) >= 11 is 0. The highest BCUT2D eigenvalue weighted by molar-refractivity contribution is 5.93. The number of esters is 1. The van der Waals surface area contributed by atoms with Crippen LogP contribution < -0.4 is 15.0 Å². The maximum atomic E-state index is 13.1. The zero-order valence-corrected chi connectivity index (χ0v) is 25.4. The second-order valence-electron chi connectivity index (χ2n) is 11.7. The number of fused-ring (bicyclic) bond motifs is 7. The smallest absolute Gasteiger partial charge is 0.310 e. The van der Waals surface area contributed by atoms with Gasteiger partial charge in [0.25, 0.3) is 5.91 Å². The summed E-state index contributed by atoms with van der Waals surface area (Å²) in [4.78, 5) is 32.6. The molecule has 1 saturated heterocycles. The Morgan fingerprint density at radius 3 is 2.62 bits per heavy atom. The third-order valence-corrected chi connectivity index (χ3v) is 7.04. The Labute approximate surface area is 247 Å². The normalized spacial score (nSPS) is 16.9. The quantitative estimate of drug-likeness (QED) is 0.347. The maximum absolute atomic E-state index is 13.1. The summed E-state index contributed by atoms with van der Waals surface area (Å²) in [5.74, 6) is 1.55. The Morgan fingerprint density at radius 1 is 1.19 bits per heavy atom. The van der Waals surface area contributed by atoms with Gasteiger partial charge in [-0.05, 0) is 65.9 Å². The number of ether oxygens (including phenoxy) is 2. The Hall–Kier alpha value is -3.92. The van der Waals surface area contributed by atoms with E-state index >= 15 is 0 Å². The fourth-order valence-corrected chi connectivity index (χ4v) is 5.07. The van der Waals surface area contributed by atoms with Crippen LogP contribution in [0, 0.1) is 12.8 Å². The first-order chi connectivity index (χ1) is 20.0. The lowest BCUT2D eigenvalue weighted by Crippen LogP contribution is -2.36. The van der Waals surface area contributed by atoms with Crippen LogP contribution in [0.3, 0.4) is 0 Å². The number of aryl methyl sites for hydroxylation is 1. The number of rotatable bonds is 3. The van der Waals surface area contributed by atoms with Gasteiger partial charge in [0.1, 0.15) is 18.2 Å². The van der Waals surface area contributed by atoms with Gasteiger partial charge in [0.15, 0.2) is 11.3 Å². The highest BCUT2D eigenvalue weighted by Crippen LogP contribution is 2.31. The van der Waals surface area contributed by atoms with Gasteiger partial charge in [-0.25, -0.2) is 4.98 Å². The van der Waals surface area contributed by atoms with E-state index in [1.807, 2.05) is 31.2 Å². The minimum Gasteiger partial charge on any atom is -0.489 e. The summed E-state index contributed by atoms with van der Waals surface area (Å²) in [7, 11) is 0. The highest BCUT2D eigenvalue weighted by atomic mass is 16.5. The largest absolute Gasteiger partial charge is 0.489 e. The molecule has 0 radical (unpaired) electrons. The van der Waals surface area contributed by atoms with Crippen molar-refractivity contribution in [3.8, 4) is 5.75 Å². The molecule has 0 aliphatic carbocycles. The Bertz CT molecular complexity index is 1410. The summed E-state index contributed by atoms with van der Waals surface area (Å²) in [5, 5.41) is 16.2. The number of nitrogens with one attached hydrogen (secondary N) is 1. The van der Waals surface area contributed by atoms with Crippen molar-refractivity contribution in [2.45, 2.75) is 72.4 Å². The first-order valence-electron chi connectivity index (χ1n) is 14.7. The van der Waals surface area contributed by atoms with E-state index in [0.717, 1.165) is 60.7 Å². The molecule has 226 valence electrons. The fourth-order valence-electron chi connectivity index (χ4n) is 5.07. The minimum absolute atomic E-state index is 0.110. The first-order valence-corrected chi connectivity index (χ1v) is 14.7. The third kappa shape index (κ3) is 8.31. The van der Waals surface area contributed by atoms with Crippen LogP contribution in [-0.4, -0.2) is 63.5 Å². The molecule has 0 spiro atoms. The molecule has 42 heavy (non-hydrogen) atoms. The van der Waals surface area contributed by atoms with E-state index in [-0.39, 0.29) is 24.0 Å². The predicted octanol–water partition coefficient (Wildman–Crippen LogP) is 4.41. The molecule has 5 heterocycles. The van der Waals surface area contributed by atoms with Crippen molar-refractivity contribution in [3.63, 3.8) is 0 Å². The number of benzene rings is 1. The van der Waals surface area contributed by atoms with Crippen LogP contribution in [0.2, 0.25) is 0 Å². The molecule has 4 bridgehead atoms. The number of nitrogens with zero attached hydrogens (tertiary/aromatic N) is 4. The van der Waals surface area contributed by atoms with Crippen molar-refractivity contribution in [1.29, 1.82) is 0 Å². The second kappa shape index (κ2) is 13.8. The molecule has 0 saturated carbocycles. The monoisotopic (exact) mass is 577 g/mol. The highest BCUT2D eigenvalue weighted by Gasteiger charge is 2.27. The average Bonchev–Trinajstić information content (AvgIpc) is 3.35. The molecule has 0 unspecified atom stereocenters. The zero-order valence-electron chi connectivity index (χ0n) is 25.4. The van der Waals surface area contributed by atoms with E-state index in [9.17, 15) is 9.59 Å². The molecule has 0 atom stereocenters. The molecular formula is C32H43N5O5. The Balaban J connectivity index is 0.000000748. The maximum Gasteiger partial charge on any atom is 0.310 e. The van der Waals surface area contributed by atoms with Crippen molar-refractivity contribution in [3.05, 3.63) is 65.0 Å². The number of amides is 1. The summed E-state index contributed by atoms with van der Waals surface area (Å²) in [6.45, 7) is 11.7. The van der Waals surface area contributed by atoms with Crippen LogP contribution in [0.5, 0.6) is 5.75 Å².